The van der Waals surface area contributed by atoms with E-state index in [1.807, 2.05) is 22.9 Å². The number of rotatable bonds is 5. The fourth-order valence-corrected chi connectivity index (χ4v) is 2.45. The summed E-state index contributed by atoms with van der Waals surface area (Å²) in [5.74, 6) is -0.139. The Morgan fingerprint density at radius 1 is 1.30 bits per heavy atom. The maximum atomic E-state index is 12.0. The molecule has 23 heavy (non-hydrogen) atoms. The SMILES string of the molecule is C=CCNC(=O)c1ccc2c(c1)nnn2Cc1ccccc1C. The van der Waals surface area contributed by atoms with Gasteiger partial charge in [0.1, 0.15) is 5.52 Å². The summed E-state index contributed by atoms with van der Waals surface area (Å²) in [6.45, 7) is 6.77. The number of hydrogen-bond donors (Lipinski definition) is 1. The number of aromatic nitrogens is 3. The van der Waals surface area contributed by atoms with Crippen LogP contribution in [0.4, 0.5) is 0 Å². The molecule has 0 spiro atoms. The summed E-state index contributed by atoms with van der Waals surface area (Å²) in [6.07, 6.45) is 1.65. The summed E-state index contributed by atoms with van der Waals surface area (Å²) in [7, 11) is 0. The topological polar surface area (TPSA) is 59.8 Å². The zero-order valence-electron chi connectivity index (χ0n) is 13.0. The minimum absolute atomic E-state index is 0.139. The van der Waals surface area contributed by atoms with Gasteiger partial charge in [0.05, 0.1) is 12.1 Å². The molecule has 116 valence electrons. The Balaban J connectivity index is 1.88. The van der Waals surface area contributed by atoms with Gasteiger partial charge in [0.15, 0.2) is 0 Å². The first kappa shape index (κ1) is 15.0. The van der Waals surface area contributed by atoms with Crippen molar-refractivity contribution in [3.8, 4) is 0 Å². The molecule has 0 atom stereocenters. The molecule has 0 unspecified atom stereocenters. The minimum Gasteiger partial charge on any atom is -0.349 e. The van der Waals surface area contributed by atoms with Gasteiger partial charge < -0.3 is 5.32 Å². The van der Waals surface area contributed by atoms with E-state index in [0.717, 1.165) is 5.52 Å². The van der Waals surface area contributed by atoms with Crippen LogP contribution in [-0.4, -0.2) is 27.4 Å². The van der Waals surface area contributed by atoms with E-state index in [1.165, 1.54) is 11.1 Å². The number of nitrogens with one attached hydrogen (secondary N) is 1. The second-order valence-corrected chi connectivity index (χ2v) is 5.38. The first-order valence-electron chi connectivity index (χ1n) is 7.46. The van der Waals surface area contributed by atoms with Crippen molar-refractivity contribution >= 4 is 16.9 Å². The third kappa shape index (κ3) is 3.13. The van der Waals surface area contributed by atoms with Crippen LogP contribution in [0.3, 0.4) is 0 Å². The molecule has 3 aromatic rings. The largest absolute Gasteiger partial charge is 0.349 e. The first-order chi connectivity index (χ1) is 11.2. The summed E-state index contributed by atoms with van der Waals surface area (Å²) in [5.41, 5.74) is 4.62. The average molecular weight is 306 g/mol. The highest BCUT2D eigenvalue weighted by molar-refractivity contribution is 5.97. The van der Waals surface area contributed by atoms with Crippen LogP contribution in [0.25, 0.3) is 11.0 Å². The number of nitrogens with zero attached hydrogens (tertiary/aromatic N) is 3. The van der Waals surface area contributed by atoms with Crippen LogP contribution in [0, 0.1) is 6.92 Å². The predicted octanol–water partition coefficient (Wildman–Crippen LogP) is 2.70. The summed E-state index contributed by atoms with van der Waals surface area (Å²) < 4.78 is 1.85. The Morgan fingerprint density at radius 2 is 2.13 bits per heavy atom. The zero-order valence-corrected chi connectivity index (χ0v) is 13.0. The molecule has 0 bridgehead atoms. The number of hydrogen-bond acceptors (Lipinski definition) is 3. The highest BCUT2D eigenvalue weighted by Crippen LogP contribution is 2.16. The van der Waals surface area contributed by atoms with Gasteiger partial charge in [-0.15, -0.1) is 11.7 Å². The van der Waals surface area contributed by atoms with E-state index in [2.05, 4.69) is 41.3 Å². The Morgan fingerprint density at radius 3 is 2.91 bits per heavy atom. The standard InChI is InChI=1S/C18H18N4O/c1-3-10-19-18(23)14-8-9-17-16(11-14)20-21-22(17)12-15-7-5-4-6-13(15)2/h3-9,11H,1,10,12H2,2H3,(H,19,23). The second-order valence-electron chi connectivity index (χ2n) is 5.38. The fourth-order valence-electron chi connectivity index (χ4n) is 2.45. The van der Waals surface area contributed by atoms with Gasteiger partial charge in [0.2, 0.25) is 0 Å². The molecule has 1 aromatic heterocycles. The zero-order chi connectivity index (χ0) is 16.2. The van der Waals surface area contributed by atoms with Crippen LogP contribution in [0.5, 0.6) is 0 Å². The van der Waals surface area contributed by atoms with Crippen molar-refractivity contribution in [1.82, 2.24) is 20.3 Å². The van der Waals surface area contributed by atoms with E-state index in [9.17, 15) is 4.79 Å². The van der Waals surface area contributed by atoms with Crippen LogP contribution >= 0.6 is 0 Å². The molecule has 0 saturated heterocycles. The predicted molar refractivity (Wildman–Crippen MR) is 90.3 cm³/mol. The third-order valence-electron chi connectivity index (χ3n) is 3.76. The molecule has 0 saturated carbocycles. The van der Waals surface area contributed by atoms with E-state index in [0.29, 0.717) is 24.2 Å². The molecular weight excluding hydrogens is 288 g/mol. The third-order valence-corrected chi connectivity index (χ3v) is 3.76. The van der Waals surface area contributed by atoms with Crippen molar-refractivity contribution in [3.05, 3.63) is 71.8 Å². The van der Waals surface area contributed by atoms with Crippen LogP contribution in [0.15, 0.2) is 55.1 Å². The number of amides is 1. The molecule has 1 heterocycles. The number of aryl methyl sites for hydroxylation is 1. The van der Waals surface area contributed by atoms with Crippen LogP contribution in [0.2, 0.25) is 0 Å². The molecule has 1 N–H and O–H groups in total. The molecule has 0 fully saturated rings. The lowest BCUT2D eigenvalue weighted by Crippen LogP contribution is -2.23. The lowest BCUT2D eigenvalue weighted by molar-refractivity contribution is 0.0958. The normalized spacial score (nSPS) is 10.7. The van der Waals surface area contributed by atoms with Crippen LogP contribution in [0.1, 0.15) is 21.5 Å². The molecule has 2 aromatic carbocycles. The second kappa shape index (κ2) is 6.44. The Bertz CT molecular complexity index is 866. The van der Waals surface area contributed by atoms with E-state index in [4.69, 9.17) is 0 Å². The number of benzene rings is 2. The molecule has 0 radical (unpaired) electrons. The number of carbonyl (C=O) groups excluding carboxylic acids is 1. The van der Waals surface area contributed by atoms with Crippen LogP contribution < -0.4 is 5.32 Å². The highest BCUT2D eigenvalue weighted by atomic mass is 16.1. The smallest absolute Gasteiger partial charge is 0.251 e. The van der Waals surface area contributed by atoms with Crippen molar-refractivity contribution < 1.29 is 4.79 Å². The van der Waals surface area contributed by atoms with Crippen molar-refractivity contribution in [2.75, 3.05) is 6.54 Å². The van der Waals surface area contributed by atoms with Gasteiger partial charge in [-0.1, -0.05) is 35.6 Å². The quantitative estimate of drug-likeness (QED) is 0.737. The molecule has 0 aliphatic rings. The highest BCUT2D eigenvalue weighted by Gasteiger charge is 2.10. The van der Waals surface area contributed by atoms with Gasteiger partial charge in [0, 0.05) is 12.1 Å². The maximum Gasteiger partial charge on any atom is 0.251 e. The minimum atomic E-state index is -0.139. The van der Waals surface area contributed by atoms with E-state index in [1.54, 1.807) is 18.2 Å². The lowest BCUT2D eigenvalue weighted by Gasteiger charge is -2.06. The molecule has 3 rings (SSSR count). The van der Waals surface area contributed by atoms with Crippen LogP contribution in [-0.2, 0) is 6.54 Å². The number of carbonyl (C=O) groups is 1. The Labute approximate surface area is 134 Å². The molecule has 1 amide bonds. The number of fused-ring (bicyclic) bond motifs is 1. The lowest BCUT2D eigenvalue weighted by atomic mass is 10.1. The van der Waals surface area contributed by atoms with Crippen molar-refractivity contribution in [2.24, 2.45) is 0 Å². The van der Waals surface area contributed by atoms with Gasteiger partial charge in [-0.3, -0.25) is 4.79 Å². The summed E-state index contributed by atoms with van der Waals surface area (Å²) in [4.78, 5) is 12.0. The van der Waals surface area contributed by atoms with Crippen molar-refractivity contribution in [3.63, 3.8) is 0 Å². The molecule has 5 heteroatoms. The average Bonchev–Trinajstić information content (AvgIpc) is 2.97. The van der Waals surface area contributed by atoms with E-state index in [-0.39, 0.29) is 5.91 Å². The van der Waals surface area contributed by atoms with Gasteiger partial charge >= 0.3 is 0 Å². The molecule has 0 aliphatic carbocycles. The van der Waals surface area contributed by atoms with Crippen molar-refractivity contribution in [2.45, 2.75) is 13.5 Å². The van der Waals surface area contributed by atoms with Crippen molar-refractivity contribution in [1.29, 1.82) is 0 Å². The van der Waals surface area contributed by atoms with E-state index >= 15 is 0 Å². The monoisotopic (exact) mass is 306 g/mol. The molecular formula is C18H18N4O. The van der Waals surface area contributed by atoms with Gasteiger partial charge in [-0.25, -0.2) is 4.68 Å². The summed E-state index contributed by atoms with van der Waals surface area (Å²) >= 11 is 0. The van der Waals surface area contributed by atoms with E-state index < -0.39 is 0 Å². The summed E-state index contributed by atoms with van der Waals surface area (Å²) in [5, 5.41) is 11.1. The van der Waals surface area contributed by atoms with Gasteiger partial charge in [-0.05, 0) is 36.2 Å². The Hall–Kier alpha value is -2.95. The first-order valence-corrected chi connectivity index (χ1v) is 7.46. The molecule has 0 aliphatic heterocycles. The van der Waals surface area contributed by atoms with Gasteiger partial charge in [0.25, 0.3) is 5.91 Å². The molecule has 5 nitrogen and oxygen atoms in total. The summed E-state index contributed by atoms with van der Waals surface area (Å²) in [6, 6.07) is 13.6. The maximum absolute atomic E-state index is 12.0. The Kier molecular flexibility index (Phi) is 4.19. The fraction of sp³-hybridized carbons (Fsp3) is 0.167. The van der Waals surface area contributed by atoms with Gasteiger partial charge in [-0.2, -0.15) is 0 Å².